The molecule has 4 rings (SSSR count). The molecule has 0 unspecified atom stereocenters. The molecule has 2 atom stereocenters. The summed E-state index contributed by atoms with van der Waals surface area (Å²) in [6, 6.07) is 14.4. The smallest absolute Gasteiger partial charge is 0.252 e. The van der Waals surface area contributed by atoms with Crippen LogP contribution in [0, 0.1) is 5.82 Å². The van der Waals surface area contributed by atoms with Crippen molar-refractivity contribution in [2.24, 2.45) is 0 Å². The summed E-state index contributed by atoms with van der Waals surface area (Å²) in [6.45, 7) is 4.99. The first kappa shape index (κ1) is 16.0. The van der Waals surface area contributed by atoms with E-state index in [1.165, 1.54) is 17.7 Å². The lowest BCUT2D eigenvalue weighted by Crippen LogP contribution is -2.45. The van der Waals surface area contributed by atoms with Crippen molar-refractivity contribution in [3.63, 3.8) is 0 Å². The van der Waals surface area contributed by atoms with Gasteiger partial charge < -0.3 is 9.64 Å². The molecule has 0 aliphatic carbocycles. The first-order valence-electron chi connectivity index (χ1n) is 8.55. The number of hydrogen-bond donors (Lipinski definition) is 0. The molecule has 1 amide bonds. The van der Waals surface area contributed by atoms with Gasteiger partial charge in [-0.25, -0.2) is 4.39 Å². The number of fused-ring (bicyclic) bond motifs is 1. The fourth-order valence-corrected chi connectivity index (χ4v) is 3.75. The van der Waals surface area contributed by atoms with Crippen LogP contribution in [-0.2, 0) is 16.0 Å². The zero-order chi connectivity index (χ0) is 17.4. The molecule has 2 heterocycles. The highest BCUT2D eigenvalue weighted by molar-refractivity contribution is 5.83. The van der Waals surface area contributed by atoms with Crippen LogP contribution in [0.1, 0.15) is 29.2 Å². The number of benzene rings is 2. The maximum absolute atomic E-state index is 13.4. The Hall–Kier alpha value is -2.46. The van der Waals surface area contributed by atoms with Crippen LogP contribution in [0.3, 0.4) is 0 Å². The van der Waals surface area contributed by atoms with Crippen molar-refractivity contribution in [2.75, 3.05) is 13.2 Å². The summed E-state index contributed by atoms with van der Waals surface area (Å²) in [7, 11) is 0. The van der Waals surface area contributed by atoms with Gasteiger partial charge in [-0.2, -0.15) is 0 Å². The van der Waals surface area contributed by atoms with Crippen LogP contribution in [0.4, 0.5) is 4.39 Å². The third kappa shape index (κ3) is 2.98. The van der Waals surface area contributed by atoms with Gasteiger partial charge in [-0.3, -0.25) is 4.79 Å². The highest BCUT2D eigenvalue weighted by atomic mass is 19.1. The van der Waals surface area contributed by atoms with Gasteiger partial charge in [-0.15, -0.1) is 0 Å². The Bertz CT molecular complexity index is 815. The van der Waals surface area contributed by atoms with E-state index in [0.29, 0.717) is 19.6 Å². The minimum absolute atomic E-state index is 0.0116. The summed E-state index contributed by atoms with van der Waals surface area (Å²) in [5.74, 6) is -0.288. The summed E-state index contributed by atoms with van der Waals surface area (Å²) < 4.78 is 19.0. The molecule has 2 aromatic carbocycles. The Labute approximate surface area is 146 Å². The van der Waals surface area contributed by atoms with Crippen molar-refractivity contribution < 1.29 is 13.9 Å². The summed E-state index contributed by atoms with van der Waals surface area (Å²) in [5, 5.41) is 0. The molecule has 0 radical (unpaired) electrons. The van der Waals surface area contributed by atoms with E-state index in [0.717, 1.165) is 23.1 Å². The van der Waals surface area contributed by atoms with Gasteiger partial charge in [0.1, 0.15) is 11.9 Å². The van der Waals surface area contributed by atoms with Crippen LogP contribution >= 0.6 is 0 Å². The van der Waals surface area contributed by atoms with Gasteiger partial charge in [0, 0.05) is 13.0 Å². The topological polar surface area (TPSA) is 29.5 Å². The molecule has 0 spiro atoms. The standard InChI is InChI=1S/C21H20FNO2/c1-14-12-19(25-13-14)21(24)23-11-10-15-4-2-3-5-18(15)20(23)16-6-8-17(22)9-7-16/h2-9,19-20H,1,10-13H2/t19-,20-/m0/s1. The lowest BCUT2D eigenvalue weighted by molar-refractivity contribution is -0.143. The molecular formula is C21H20FNO2. The summed E-state index contributed by atoms with van der Waals surface area (Å²) in [6.07, 6.45) is 0.932. The number of amides is 1. The Morgan fingerprint density at radius 2 is 1.92 bits per heavy atom. The van der Waals surface area contributed by atoms with E-state index in [1.54, 1.807) is 12.1 Å². The van der Waals surface area contributed by atoms with Gasteiger partial charge in [-0.1, -0.05) is 43.0 Å². The quantitative estimate of drug-likeness (QED) is 0.783. The third-order valence-electron chi connectivity index (χ3n) is 4.99. The second-order valence-electron chi connectivity index (χ2n) is 6.69. The molecule has 1 saturated heterocycles. The van der Waals surface area contributed by atoms with Crippen molar-refractivity contribution >= 4 is 5.91 Å². The number of hydrogen-bond acceptors (Lipinski definition) is 2. The highest BCUT2D eigenvalue weighted by Gasteiger charge is 2.37. The van der Waals surface area contributed by atoms with Crippen LogP contribution in [-0.4, -0.2) is 30.1 Å². The molecule has 25 heavy (non-hydrogen) atoms. The molecule has 128 valence electrons. The summed E-state index contributed by atoms with van der Waals surface area (Å²) in [5.41, 5.74) is 4.20. The zero-order valence-corrected chi connectivity index (χ0v) is 14.0. The molecule has 4 heteroatoms. The minimum Gasteiger partial charge on any atom is -0.364 e. The summed E-state index contributed by atoms with van der Waals surface area (Å²) in [4.78, 5) is 15.0. The summed E-state index contributed by atoms with van der Waals surface area (Å²) >= 11 is 0. The Balaban J connectivity index is 1.73. The molecular weight excluding hydrogens is 317 g/mol. The average molecular weight is 337 g/mol. The predicted octanol–water partition coefficient (Wildman–Crippen LogP) is 3.64. The van der Waals surface area contributed by atoms with E-state index < -0.39 is 6.10 Å². The van der Waals surface area contributed by atoms with Gasteiger partial charge in [0.2, 0.25) is 0 Å². The number of halogens is 1. The van der Waals surface area contributed by atoms with Crippen LogP contribution in [0.25, 0.3) is 0 Å². The second-order valence-corrected chi connectivity index (χ2v) is 6.69. The SMILES string of the molecule is C=C1CO[C@H](C(=O)N2CCc3ccccc3[C@@H]2c2ccc(F)cc2)C1. The Morgan fingerprint density at radius 3 is 2.64 bits per heavy atom. The van der Waals surface area contributed by atoms with Crippen molar-refractivity contribution in [2.45, 2.75) is 25.0 Å². The Kier molecular flexibility index (Phi) is 4.14. The number of rotatable bonds is 2. The normalized spacial score (nSPS) is 22.8. The third-order valence-corrected chi connectivity index (χ3v) is 4.99. The molecule has 0 saturated carbocycles. The van der Waals surface area contributed by atoms with Crippen LogP contribution in [0.15, 0.2) is 60.7 Å². The van der Waals surface area contributed by atoms with Crippen molar-refractivity contribution in [1.29, 1.82) is 0 Å². The van der Waals surface area contributed by atoms with Gasteiger partial charge in [0.25, 0.3) is 5.91 Å². The molecule has 2 aliphatic heterocycles. The van der Waals surface area contributed by atoms with E-state index in [9.17, 15) is 9.18 Å². The minimum atomic E-state index is -0.458. The number of carbonyl (C=O) groups excluding carboxylic acids is 1. The highest BCUT2D eigenvalue weighted by Crippen LogP contribution is 2.36. The van der Waals surface area contributed by atoms with Gasteiger partial charge in [0.05, 0.1) is 12.6 Å². The first-order valence-corrected chi connectivity index (χ1v) is 8.55. The maximum Gasteiger partial charge on any atom is 0.252 e. The van der Waals surface area contributed by atoms with Crippen molar-refractivity contribution in [3.8, 4) is 0 Å². The largest absolute Gasteiger partial charge is 0.364 e. The maximum atomic E-state index is 13.4. The predicted molar refractivity (Wildman–Crippen MR) is 93.6 cm³/mol. The lowest BCUT2D eigenvalue weighted by Gasteiger charge is -2.38. The van der Waals surface area contributed by atoms with Crippen LogP contribution in [0.5, 0.6) is 0 Å². The second kappa shape index (κ2) is 6.45. The number of ether oxygens (including phenoxy) is 1. The lowest BCUT2D eigenvalue weighted by atomic mass is 9.87. The monoisotopic (exact) mass is 337 g/mol. The molecule has 0 bridgehead atoms. The zero-order valence-electron chi connectivity index (χ0n) is 14.0. The van der Waals surface area contributed by atoms with E-state index in [2.05, 4.69) is 18.7 Å². The van der Waals surface area contributed by atoms with Gasteiger partial charge >= 0.3 is 0 Å². The molecule has 0 N–H and O–H groups in total. The fourth-order valence-electron chi connectivity index (χ4n) is 3.75. The van der Waals surface area contributed by atoms with Gasteiger partial charge in [0.15, 0.2) is 0 Å². The Morgan fingerprint density at radius 1 is 1.16 bits per heavy atom. The molecule has 1 fully saturated rings. The van der Waals surface area contributed by atoms with E-state index in [-0.39, 0.29) is 17.8 Å². The molecule has 3 nitrogen and oxygen atoms in total. The fraction of sp³-hybridized carbons (Fsp3) is 0.286. The van der Waals surface area contributed by atoms with E-state index >= 15 is 0 Å². The van der Waals surface area contributed by atoms with Crippen LogP contribution in [0.2, 0.25) is 0 Å². The van der Waals surface area contributed by atoms with Crippen molar-refractivity contribution in [1.82, 2.24) is 4.90 Å². The molecule has 2 aromatic rings. The van der Waals surface area contributed by atoms with Crippen LogP contribution < -0.4 is 0 Å². The van der Waals surface area contributed by atoms with E-state index in [1.807, 2.05) is 17.0 Å². The number of carbonyl (C=O) groups is 1. The first-order chi connectivity index (χ1) is 12.1. The molecule has 0 aromatic heterocycles. The van der Waals surface area contributed by atoms with Crippen molar-refractivity contribution in [3.05, 3.63) is 83.2 Å². The molecule has 2 aliphatic rings. The van der Waals surface area contributed by atoms with Gasteiger partial charge in [-0.05, 0) is 40.8 Å². The average Bonchev–Trinajstić information content (AvgIpc) is 3.07. The van der Waals surface area contributed by atoms with E-state index in [4.69, 9.17) is 4.74 Å². The number of nitrogens with zero attached hydrogens (tertiary/aromatic N) is 1.